The molecule has 0 spiro atoms. The fourth-order valence-electron chi connectivity index (χ4n) is 2.91. The highest BCUT2D eigenvalue weighted by Crippen LogP contribution is 2.25. The number of halogens is 2. The second kappa shape index (κ2) is 8.42. The summed E-state index contributed by atoms with van der Waals surface area (Å²) in [4.78, 5) is 24.0. The van der Waals surface area contributed by atoms with Crippen molar-refractivity contribution in [3.8, 4) is 0 Å². The van der Waals surface area contributed by atoms with Crippen molar-refractivity contribution in [1.29, 1.82) is 0 Å². The SMILES string of the molecule is O=C(Cc1ccc2ccccc2c1)N[C@@H](Cc1c(Cl)cccc1Cl)C(=O)O. The Balaban J connectivity index is 1.72. The average Bonchev–Trinajstić information content (AvgIpc) is 2.63. The molecule has 0 unspecified atom stereocenters. The highest BCUT2D eigenvalue weighted by Gasteiger charge is 2.23. The second-order valence-electron chi connectivity index (χ2n) is 6.22. The summed E-state index contributed by atoms with van der Waals surface area (Å²) in [6, 6.07) is 17.4. The molecule has 3 aromatic rings. The molecule has 0 aliphatic heterocycles. The van der Waals surface area contributed by atoms with Gasteiger partial charge in [-0.25, -0.2) is 4.79 Å². The summed E-state index contributed by atoms with van der Waals surface area (Å²) in [5, 5.41) is 14.9. The van der Waals surface area contributed by atoms with E-state index in [9.17, 15) is 14.7 Å². The van der Waals surface area contributed by atoms with Gasteiger partial charge in [-0.1, -0.05) is 71.7 Å². The molecule has 0 saturated carbocycles. The molecule has 1 atom stereocenters. The summed E-state index contributed by atoms with van der Waals surface area (Å²) in [7, 11) is 0. The lowest BCUT2D eigenvalue weighted by Gasteiger charge is -2.16. The minimum Gasteiger partial charge on any atom is -0.480 e. The number of benzene rings is 3. The van der Waals surface area contributed by atoms with Crippen LogP contribution >= 0.6 is 23.2 Å². The fraction of sp³-hybridized carbons (Fsp3) is 0.143. The zero-order valence-electron chi connectivity index (χ0n) is 14.3. The first-order chi connectivity index (χ1) is 12.9. The lowest BCUT2D eigenvalue weighted by Crippen LogP contribution is -2.43. The van der Waals surface area contributed by atoms with Crippen molar-refractivity contribution in [3.05, 3.63) is 81.8 Å². The molecule has 4 nitrogen and oxygen atoms in total. The van der Waals surface area contributed by atoms with Gasteiger partial charge in [0.2, 0.25) is 5.91 Å². The Hall–Kier alpha value is -2.56. The molecule has 0 saturated heterocycles. The molecular weight excluding hydrogens is 385 g/mol. The van der Waals surface area contributed by atoms with Crippen LogP contribution in [0.4, 0.5) is 0 Å². The zero-order valence-corrected chi connectivity index (χ0v) is 15.8. The van der Waals surface area contributed by atoms with Crippen molar-refractivity contribution >= 4 is 45.9 Å². The van der Waals surface area contributed by atoms with Gasteiger partial charge in [-0.2, -0.15) is 0 Å². The Labute approximate surface area is 166 Å². The molecule has 0 radical (unpaired) electrons. The number of hydrogen-bond acceptors (Lipinski definition) is 2. The van der Waals surface area contributed by atoms with E-state index in [1.807, 2.05) is 42.5 Å². The van der Waals surface area contributed by atoms with Gasteiger partial charge in [-0.3, -0.25) is 4.79 Å². The summed E-state index contributed by atoms with van der Waals surface area (Å²) in [5.41, 5.74) is 1.31. The van der Waals surface area contributed by atoms with Crippen LogP contribution in [-0.2, 0) is 22.4 Å². The van der Waals surface area contributed by atoms with Gasteiger partial charge < -0.3 is 10.4 Å². The van der Waals surface area contributed by atoms with E-state index >= 15 is 0 Å². The van der Waals surface area contributed by atoms with Crippen LogP contribution < -0.4 is 5.32 Å². The van der Waals surface area contributed by atoms with Crippen molar-refractivity contribution in [2.75, 3.05) is 0 Å². The normalized spacial score (nSPS) is 11.9. The lowest BCUT2D eigenvalue weighted by atomic mass is 10.0. The standard InChI is InChI=1S/C21H17Cl2NO3/c22-17-6-3-7-18(23)16(17)12-19(21(26)27)24-20(25)11-13-8-9-14-4-1-2-5-15(14)10-13/h1-10,19H,11-12H2,(H,24,25)(H,26,27)/t19-/m0/s1. The number of fused-ring (bicyclic) bond motifs is 1. The molecule has 2 N–H and O–H groups in total. The van der Waals surface area contributed by atoms with Gasteiger partial charge in [0, 0.05) is 16.5 Å². The van der Waals surface area contributed by atoms with E-state index in [1.165, 1.54) is 0 Å². The Kier molecular flexibility index (Phi) is 5.99. The van der Waals surface area contributed by atoms with Crippen LogP contribution in [0.3, 0.4) is 0 Å². The van der Waals surface area contributed by atoms with Crippen LogP contribution in [-0.4, -0.2) is 23.0 Å². The molecule has 3 rings (SSSR count). The number of carboxylic acid groups (broad SMARTS) is 1. The Morgan fingerprint density at radius 2 is 1.59 bits per heavy atom. The maximum absolute atomic E-state index is 12.4. The van der Waals surface area contributed by atoms with Gasteiger partial charge in [-0.05, 0) is 34.0 Å². The molecule has 0 fully saturated rings. The molecule has 3 aromatic carbocycles. The van der Waals surface area contributed by atoms with Crippen molar-refractivity contribution in [1.82, 2.24) is 5.32 Å². The summed E-state index contributed by atoms with van der Waals surface area (Å²) >= 11 is 12.2. The smallest absolute Gasteiger partial charge is 0.326 e. The van der Waals surface area contributed by atoms with Crippen LogP contribution in [0.5, 0.6) is 0 Å². The first-order valence-electron chi connectivity index (χ1n) is 8.37. The first-order valence-corrected chi connectivity index (χ1v) is 9.12. The van der Waals surface area contributed by atoms with Gasteiger partial charge in [0.25, 0.3) is 0 Å². The zero-order chi connectivity index (χ0) is 19.4. The maximum Gasteiger partial charge on any atom is 0.326 e. The summed E-state index contributed by atoms with van der Waals surface area (Å²) in [6.07, 6.45) is 0.0994. The van der Waals surface area contributed by atoms with Gasteiger partial charge in [0.15, 0.2) is 0 Å². The van der Waals surface area contributed by atoms with E-state index in [1.54, 1.807) is 18.2 Å². The molecular formula is C21H17Cl2NO3. The predicted molar refractivity (Wildman–Crippen MR) is 107 cm³/mol. The fourth-order valence-corrected chi connectivity index (χ4v) is 3.46. The lowest BCUT2D eigenvalue weighted by molar-refractivity contribution is -0.141. The van der Waals surface area contributed by atoms with Crippen LogP contribution in [0.2, 0.25) is 10.0 Å². The van der Waals surface area contributed by atoms with Crippen molar-refractivity contribution < 1.29 is 14.7 Å². The van der Waals surface area contributed by atoms with Crippen molar-refractivity contribution in [3.63, 3.8) is 0 Å². The Morgan fingerprint density at radius 3 is 2.26 bits per heavy atom. The number of amides is 1. The van der Waals surface area contributed by atoms with E-state index in [2.05, 4.69) is 5.32 Å². The largest absolute Gasteiger partial charge is 0.480 e. The monoisotopic (exact) mass is 401 g/mol. The number of carboxylic acids is 1. The second-order valence-corrected chi connectivity index (χ2v) is 7.04. The molecule has 0 aliphatic rings. The Morgan fingerprint density at radius 1 is 0.926 bits per heavy atom. The topological polar surface area (TPSA) is 66.4 Å². The minimum absolute atomic E-state index is 0.0112. The van der Waals surface area contributed by atoms with Crippen molar-refractivity contribution in [2.24, 2.45) is 0 Å². The molecule has 138 valence electrons. The van der Waals surface area contributed by atoms with E-state index in [-0.39, 0.29) is 18.7 Å². The van der Waals surface area contributed by atoms with E-state index < -0.39 is 12.0 Å². The third-order valence-electron chi connectivity index (χ3n) is 4.28. The highest BCUT2D eigenvalue weighted by molar-refractivity contribution is 6.36. The molecule has 0 bridgehead atoms. The van der Waals surface area contributed by atoms with E-state index in [4.69, 9.17) is 23.2 Å². The number of nitrogens with one attached hydrogen (secondary N) is 1. The van der Waals surface area contributed by atoms with E-state index in [0.717, 1.165) is 16.3 Å². The molecule has 6 heteroatoms. The molecule has 27 heavy (non-hydrogen) atoms. The molecule has 0 heterocycles. The average molecular weight is 402 g/mol. The maximum atomic E-state index is 12.4. The van der Waals surface area contributed by atoms with Gasteiger partial charge >= 0.3 is 5.97 Å². The van der Waals surface area contributed by atoms with Crippen LogP contribution in [0.15, 0.2) is 60.7 Å². The van der Waals surface area contributed by atoms with Crippen LogP contribution in [0, 0.1) is 0 Å². The van der Waals surface area contributed by atoms with Gasteiger partial charge in [-0.15, -0.1) is 0 Å². The number of rotatable bonds is 6. The molecule has 0 aliphatic carbocycles. The third kappa shape index (κ3) is 4.79. The van der Waals surface area contributed by atoms with E-state index in [0.29, 0.717) is 15.6 Å². The van der Waals surface area contributed by atoms with Crippen molar-refractivity contribution in [2.45, 2.75) is 18.9 Å². The highest BCUT2D eigenvalue weighted by atomic mass is 35.5. The number of carbonyl (C=O) groups is 2. The molecule has 1 amide bonds. The van der Waals surface area contributed by atoms with Gasteiger partial charge in [0.1, 0.15) is 6.04 Å². The number of carbonyl (C=O) groups excluding carboxylic acids is 1. The minimum atomic E-state index is -1.14. The number of hydrogen-bond donors (Lipinski definition) is 2. The van der Waals surface area contributed by atoms with Crippen LogP contribution in [0.1, 0.15) is 11.1 Å². The summed E-state index contributed by atoms with van der Waals surface area (Å²) in [5.74, 6) is -1.52. The number of aliphatic carboxylic acids is 1. The summed E-state index contributed by atoms with van der Waals surface area (Å²) < 4.78 is 0. The van der Waals surface area contributed by atoms with Gasteiger partial charge in [0.05, 0.1) is 6.42 Å². The molecule has 0 aromatic heterocycles. The quantitative estimate of drug-likeness (QED) is 0.638. The summed E-state index contributed by atoms with van der Waals surface area (Å²) in [6.45, 7) is 0. The predicted octanol–water partition coefficient (Wildman–Crippen LogP) is 4.50. The Bertz CT molecular complexity index is 983. The third-order valence-corrected chi connectivity index (χ3v) is 4.99. The van der Waals surface area contributed by atoms with Crippen LogP contribution in [0.25, 0.3) is 10.8 Å². The first kappa shape index (κ1) is 19.2.